The Morgan fingerprint density at radius 2 is 1.15 bits per heavy atom. The lowest BCUT2D eigenvalue weighted by Gasteiger charge is -2.18. The van der Waals surface area contributed by atoms with Crippen LogP contribution < -0.4 is 0 Å². The molecule has 0 spiro atoms. The molecule has 20 heavy (non-hydrogen) atoms. The summed E-state index contributed by atoms with van der Waals surface area (Å²) in [5.41, 5.74) is 5.60. The fraction of sp³-hybridized carbons (Fsp3) is 0.200. The van der Waals surface area contributed by atoms with E-state index in [0.717, 1.165) is 0 Å². The van der Waals surface area contributed by atoms with E-state index >= 15 is 0 Å². The van der Waals surface area contributed by atoms with Crippen molar-refractivity contribution in [3.8, 4) is 0 Å². The molecule has 0 aliphatic heterocycles. The smallest absolute Gasteiger partial charge is 0.00212 e. The molecule has 0 N–H and O–H groups in total. The first-order chi connectivity index (χ1) is 9.59. The molecule has 0 unspecified atom stereocenters. The summed E-state index contributed by atoms with van der Waals surface area (Å²) in [5.74, 6) is 0. The summed E-state index contributed by atoms with van der Waals surface area (Å²) in [6.07, 6.45) is 0. The summed E-state index contributed by atoms with van der Waals surface area (Å²) in [7, 11) is 0. The minimum absolute atomic E-state index is 1.36. The molecule has 0 atom stereocenters. The van der Waals surface area contributed by atoms with Crippen LogP contribution in [0, 0.1) is 27.7 Å². The molecule has 0 fully saturated rings. The zero-order chi connectivity index (χ0) is 14.0. The lowest BCUT2D eigenvalue weighted by Crippen LogP contribution is -1.94. The standard InChI is InChI=1S/C20H18/c1-11-6-9-17-13(3)14(4)18-12(2)5-7-15-8-10-16(11)20(17)19(15)18/h5-10H,1-4H3. The highest BCUT2D eigenvalue weighted by atomic mass is 14.2. The van der Waals surface area contributed by atoms with Crippen LogP contribution in [0.5, 0.6) is 0 Å². The molecule has 0 nitrogen and oxygen atoms in total. The normalized spacial score (nSPS) is 12.0. The van der Waals surface area contributed by atoms with E-state index in [1.54, 1.807) is 0 Å². The zero-order valence-corrected chi connectivity index (χ0v) is 12.5. The van der Waals surface area contributed by atoms with Gasteiger partial charge < -0.3 is 0 Å². The van der Waals surface area contributed by atoms with Crippen molar-refractivity contribution in [3.63, 3.8) is 0 Å². The topological polar surface area (TPSA) is 0 Å². The molecule has 0 aliphatic carbocycles. The summed E-state index contributed by atoms with van der Waals surface area (Å²) in [6, 6.07) is 13.6. The van der Waals surface area contributed by atoms with E-state index in [0.29, 0.717) is 0 Å². The highest BCUT2D eigenvalue weighted by Crippen LogP contribution is 2.40. The molecule has 0 aliphatic rings. The van der Waals surface area contributed by atoms with Gasteiger partial charge in [0.1, 0.15) is 0 Å². The number of rotatable bonds is 0. The second kappa shape index (κ2) is 3.73. The van der Waals surface area contributed by atoms with Gasteiger partial charge in [-0.25, -0.2) is 0 Å². The van der Waals surface area contributed by atoms with Crippen molar-refractivity contribution in [1.82, 2.24) is 0 Å². The Morgan fingerprint density at radius 1 is 0.500 bits per heavy atom. The molecule has 4 aromatic rings. The largest absolute Gasteiger partial charge is 0.0581 e. The Labute approximate surface area is 119 Å². The van der Waals surface area contributed by atoms with Crippen molar-refractivity contribution in [2.24, 2.45) is 0 Å². The van der Waals surface area contributed by atoms with Gasteiger partial charge in [-0.3, -0.25) is 0 Å². The van der Waals surface area contributed by atoms with E-state index in [1.807, 2.05) is 0 Å². The van der Waals surface area contributed by atoms with Crippen LogP contribution in [0.2, 0.25) is 0 Å². The van der Waals surface area contributed by atoms with Crippen molar-refractivity contribution in [1.29, 1.82) is 0 Å². The second-order valence-corrected chi connectivity index (χ2v) is 6.02. The first-order valence-electron chi connectivity index (χ1n) is 7.23. The van der Waals surface area contributed by atoms with Gasteiger partial charge in [0.05, 0.1) is 0 Å². The van der Waals surface area contributed by atoms with Crippen LogP contribution in [0.25, 0.3) is 32.3 Å². The van der Waals surface area contributed by atoms with E-state index in [2.05, 4.69) is 64.1 Å². The molecular formula is C20H18. The van der Waals surface area contributed by atoms with Crippen LogP contribution in [0.15, 0.2) is 36.4 Å². The first-order valence-corrected chi connectivity index (χ1v) is 7.23. The van der Waals surface area contributed by atoms with Crippen molar-refractivity contribution in [3.05, 3.63) is 58.7 Å². The van der Waals surface area contributed by atoms with Crippen LogP contribution in [0.3, 0.4) is 0 Å². The van der Waals surface area contributed by atoms with E-state index in [9.17, 15) is 0 Å². The van der Waals surface area contributed by atoms with Gasteiger partial charge in [0.15, 0.2) is 0 Å². The maximum atomic E-state index is 2.29. The highest BCUT2D eigenvalue weighted by molar-refractivity contribution is 6.25. The quantitative estimate of drug-likeness (QED) is 0.349. The van der Waals surface area contributed by atoms with Gasteiger partial charge >= 0.3 is 0 Å². The van der Waals surface area contributed by atoms with E-state index in [4.69, 9.17) is 0 Å². The summed E-state index contributed by atoms with van der Waals surface area (Å²) in [4.78, 5) is 0. The third-order valence-electron chi connectivity index (χ3n) is 4.93. The third-order valence-corrected chi connectivity index (χ3v) is 4.93. The molecule has 0 bridgehead atoms. The van der Waals surface area contributed by atoms with Gasteiger partial charge in [-0.2, -0.15) is 0 Å². The molecule has 0 saturated heterocycles. The lowest BCUT2D eigenvalue weighted by molar-refractivity contribution is 1.39. The first kappa shape index (κ1) is 11.7. The van der Waals surface area contributed by atoms with E-state index in [-0.39, 0.29) is 0 Å². The average Bonchev–Trinajstić information content (AvgIpc) is 2.45. The molecule has 0 amide bonds. The summed E-state index contributed by atoms with van der Waals surface area (Å²) in [5, 5.41) is 8.51. The minimum Gasteiger partial charge on any atom is -0.0581 e. The van der Waals surface area contributed by atoms with Crippen LogP contribution in [0.1, 0.15) is 22.3 Å². The van der Waals surface area contributed by atoms with Gasteiger partial charge in [-0.05, 0) is 82.3 Å². The predicted molar refractivity (Wildman–Crippen MR) is 89.1 cm³/mol. The Morgan fingerprint density at radius 3 is 1.95 bits per heavy atom. The zero-order valence-electron chi connectivity index (χ0n) is 12.5. The second-order valence-electron chi connectivity index (χ2n) is 6.02. The van der Waals surface area contributed by atoms with Crippen molar-refractivity contribution < 1.29 is 0 Å². The van der Waals surface area contributed by atoms with Crippen molar-refractivity contribution >= 4 is 32.3 Å². The van der Waals surface area contributed by atoms with E-state index < -0.39 is 0 Å². The molecule has 4 rings (SSSR count). The number of aryl methyl sites for hydroxylation is 4. The van der Waals surface area contributed by atoms with Gasteiger partial charge in [-0.15, -0.1) is 0 Å². The summed E-state index contributed by atoms with van der Waals surface area (Å²) < 4.78 is 0. The van der Waals surface area contributed by atoms with Gasteiger partial charge in [0.25, 0.3) is 0 Å². The number of benzene rings is 4. The Hall–Kier alpha value is -2.08. The predicted octanol–water partition coefficient (Wildman–Crippen LogP) is 5.82. The maximum Gasteiger partial charge on any atom is -0.00212 e. The van der Waals surface area contributed by atoms with Gasteiger partial charge in [0.2, 0.25) is 0 Å². The molecule has 0 radical (unpaired) electrons. The number of hydrogen-bond acceptors (Lipinski definition) is 0. The SMILES string of the molecule is Cc1ccc2c(C)c(C)c3c(C)ccc4ccc1c2c43. The van der Waals surface area contributed by atoms with Gasteiger partial charge in [0, 0.05) is 0 Å². The molecule has 0 saturated carbocycles. The molecule has 0 heteroatoms. The van der Waals surface area contributed by atoms with Crippen LogP contribution in [-0.4, -0.2) is 0 Å². The van der Waals surface area contributed by atoms with Crippen molar-refractivity contribution in [2.45, 2.75) is 27.7 Å². The van der Waals surface area contributed by atoms with E-state index in [1.165, 1.54) is 54.6 Å². The molecule has 0 heterocycles. The van der Waals surface area contributed by atoms with Crippen LogP contribution in [0.4, 0.5) is 0 Å². The fourth-order valence-corrected chi connectivity index (χ4v) is 3.70. The third kappa shape index (κ3) is 1.27. The summed E-state index contributed by atoms with van der Waals surface area (Å²) >= 11 is 0. The molecule has 4 aromatic carbocycles. The van der Waals surface area contributed by atoms with Crippen molar-refractivity contribution in [2.75, 3.05) is 0 Å². The highest BCUT2D eigenvalue weighted by Gasteiger charge is 2.15. The molecule has 0 aromatic heterocycles. The molecular weight excluding hydrogens is 240 g/mol. The van der Waals surface area contributed by atoms with Crippen LogP contribution in [-0.2, 0) is 0 Å². The Kier molecular flexibility index (Phi) is 2.18. The maximum absolute atomic E-state index is 2.29. The fourth-order valence-electron chi connectivity index (χ4n) is 3.70. The van der Waals surface area contributed by atoms with Gasteiger partial charge in [-0.1, -0.05) is 36.4 Å². The minimum atomic E-state index is 1.36. The number of hydrogen-bond donors (Lipinski definition) is 0. The lowest BCUT2D eigenvalue weighted by atomic mass is 9.85. The average molecular weight is 258 g/mol. The Balaban J connectivity index is 2.51. The molecule has 98 valence electrons. The monoisotopic (exact) mass is 258 g/mol. The van der Waals surface area contributed by atoms with Crippen LogP contribution >= 0.6 is 0 Å². The Bertz CT molecular complexity index is 974. The summed E-state index contributed by atoms with van der Waals surface area (Å²) in [6.45, 7) is 8.96.